The molecule has 130 valence electrons. The molecule has 6 nitrogen and oxygen atoms in total. The van der Waals surface area contributed by atoms with E-state index in [1.807, 2.05) is 13.8 Å². The van der Waals surface area contributed by atoms with Crippen molar-refractivity contribution in [3.05, 3.63) is 36.5 Å². The second-order valence-corrected chi connectivity index (χ2v) is 4.74. The molecule has 1 aliphatic rings. The Morgan fingerprint density at radius 3 is 1.78 bits per heavy atom. The van der Waals surface area contributed by atoms with Gasteiger partial charge in [-0.25, -0.2) is 14.6 Å². The highest BCUT2D eigenvalue weighted by atomic mass is 16.5. The van der Waals surface area contributed by atoms with E-state index in [-0.39, 0.29) is 5.57 Å². The van der Waals surface area contributed by atoms with E-state index in [2.05, 4.69) is 24.7 Å². The average Bonchev–Trinajstić information content (AvgIpc) is 3.02. The lowest BCUT2D eigenvalue weighted by atomic mass is 10.2. The number of hydrogen-bond acceptors (Lipinski definition) is 4. The zero-order chi connectivity index (χ0) is 18.4. The standard InChI is InChI=1S/C6H9NO.C6H10O2.C5H8O2/c1-5(2)6-7-3-4-8-6;1-3-4-5(2)6(7)8;1-3-4(2)5(6)7/h1,3-4H2,2H3;2-4H2,1H3,(H,7,8);2-3H2,1H3,(H,6,7). The van der Waals surface area contributed by atoms with Crippen LogP contribution in [0.2, 0.25) is 0 Å². The van der Waals surface area contributed by atoms with E-state index >= 15 is 0 Å². The number of carboxylic acid groups (broad SMARTS) is 2. The van der Waals surface area contributed by atoms with Gasteiger partial charge in [0.05, 0.1) is 6.54 Å². The number of nitrogens with zero attached hydrogens (tertiary/aromatic N) is 1. The number of carboxylic acids is 2. The van der Waals surface area contributed by atoms with Crippen LogP contribution >= 0.6 is 0 Å². The Morgan fingerprint density at radius 2 is 1.65 bits per heavy atom. The normalized spacial score (nSPS) is 11.5. The van der Waals surface area contributed by atoms with Crippen molar-refractivity contribution in [1.82, 2.24) is 0 Å². The first-order valence-electron chi connectivity index (χ1n) is 7.32. The molecule has 1 aliphatic heterocycles. The lowest BCUT2D eigenvalue weighted by Gasteiger charge is -1.95. The van der Waals surface area contributed by atoms with Crippen molar-refractivity contribution in [2.75, 3.05) is 13.2 Å². The van der Waals surface area contributed by atoms with Gasteiger partial charge in [-0.15, -0.1) is 0 Å². The summed E-state index contributed by atoms with van der Waals surface area (Å²) in [5, 5.41) is 16.3. The Hall–Kier alpha value is -2.37. The molecule has 1 rings (SSSR count). The number of rotatable bonds is 6. The molecule has 23 heavy (non-hydrogen) atoms. The third-order valence-electron chi connectivity index (χ3n) is 2.53. The van der Waals surface area contributed by atoms with Crippen molar-refractivity contribution >= 4 is 17.8 Å². The van der Waals surface area contributed by atoms with Gasteiger partial charge in [-0.1, -0.05) is 40.0 Å². The number of carbonyl (C=O) groups is 2. The van der Waals surface area contributed by atoms with E-state index in [1.165, 1.54) is 0 Å². The highest BCUT2D eigenvalue weighted by Gasteiger charge is 2.05. The van der Waals surface area contributed by atoms with Crippen molar-refractivity contribution < 1.29 is 24.5 Å². The number of hydrogen-bond donors (Lipinski definition) is 2. The van der Waals surface area contributed by atoms with Gasteiger partial charge < -0.3 is 14.9 Å². The fraction of sp³-hybridized carbons (Fsp3) is 0.471. The second kappa shape index (κ2) is 13.3. The Kier molecular flexibility index (Phi) is 13.2. The van der Waals surface area contributed by atoms with E-state index in [4.69, 9.17) is 14.9 Å². The zero-order valence-corrected chi connectivity index (χ0v) is 14.2. The van der Waals surface area contributed by atoms with Gasteiger partial charge in [0.25, 0.3) is 0 Å². The summed E-state index contributed by atoms with van der Waals surface area (Å²) in [6.07, 6.45) is 1.97. The summed E-state index contributed by atoms with van der Waals surface area (Å²) < 4.78 is 5.06. The molecule has 0 fully saturated rings. The Morgan fingerprint density at radius 1 is 1.13 bits per heavy atom. The number of ether oxygens (including phenoxy) is 1. The average molecular weight is 325 g/mol. The van der Waals surface area contributed by atoms with Crippen LogP contribution in [0.25, 0.3) is 0 Å². The summed E-state index contributed by atoms with van der Waals surface area (Å²) in [5.41, 5.74) is 1.48. The maximum absolute atomic E-state index is 9.99. The molecule has 0 saturated heterocycles. The Bertz CT molecular complexity index is 477. The van der Waals surface area contributed by atoms with Crippen LogP contribution in [0.1, 0.15) is 40.0 Å². The van der Waals surface area contributed by atoms with Gasteiger partial charge in [-0.3, -0.25) is 0 Å². The van der Waals surface area contributed by atoms with E-state index in [0.717, 1.165) is 31.0 Å². The minimum absolute atomic E-state index is 0.264. The van der Waals surface area contributed by atoms with Gasteiger partial charge in [0.1, 0.15) is 6.61 Å². The third-order valence-corrected chi connectivity index (χ3v) is 2.53. The van der Waals surface area contributed by atoms with Crippen LogP contribution < -0.4 is 0 Å². The number of aliphatic imine (C=N–C) groups is 1. The van der Waals surface area contributed by atoms with E-state index < -0.39 is 11.9 Å². The minimum atomic E-state index is -0.900. The molecule has 2 N–H and O–H groups in total. The topological polar surface area (TPSA) is 96.2 Å². The molecule has 0 aromatic carbocycles. The molecular formula is C17H27NO5. The number of aliphatic carboxylic acids is 2. The van der Waals surface area contributed by atoms with Gasteiger partial charge >= 0.3 is 11.9 Å². The summed E-state index contributed by atoms with van der Waals surface area (Å²) in [6.45, 7) is 17.4. The molecule has 0 radical (unpaired) electrons. The summed E-state index contributed by atoms with van der Waals surface area (Å²) in [6, 6.07) is 0. The fourth-order valence-electron chi connectivity index (χ4n) is 1.15. The van der Waals surface area contributed by atoms with Crippen molar-refractivity contribution in [2.24, 2.45) is 4.99 Å². The zero-order valence-electron chi connectivity index (χ0n) is 14.2. The van der Waals surface area contributed by atoms with Crippen LogP contribution in [0.5, 0.6) is 0 Å². The van der Waals surface area contributed by atoms with Crippen molar-refractivity contribution in [1.29, 1.82) is 0 Å². The maximum Gasteiger partial charge on any atom is 0.330 e. The molecule has 6 heteroatoms. The van der Waals surface area contributed by atoms with Crippen LogP contribution in [0, 0.1) is 0 Å². The minimum Gasteiger partial charge on any atom is -0.478 e. The second-order valence-electron chi connectivity index (χ2n) is 4.74. The van der Waals surface area contributed by atoms with Gasteiger partial charge in [-0.05, 0) is 19.8 Å². The summed E-state index contributed by atoms with van der Waals surface area (Å²) in [7, 11) is 0. The smallest absolute Gasteiger partial charge is 0.330 e. The van der Waals surface area contributed by atoms with Crippen LogP contribution in [0.15, 0.2) is 41.4 Å². The largest absolute Gasteiger partial charge is 0.478 e. The summed E-state index contributed by atoms with van der Waals surface area (Å²) >= 11 is 0. The molecule has 0 saturated carbocycles. The van der Waals surface area contributed by atoms with Crippen LogP contribution in [-0.2, 0) is 14.3 Å². The molecule has 0 aromatic heterocycles. The molecular weight excluding hydrogens is 298 g/mol. The summed E-state index contributed by atoms with van der Waals surface area (Å²) in [4.78, 5) is 23.9. The van der Waals surface area contributed by atoms with Gasteiger partial charge in [-0.2, -0.15) is 0 Å². The van der Waals surface area contributed by atoms with Crippen LogP contribution in [0.4, 0.5) is 0 Å². The fourth-order valence-corrected chi connectivity index (χ4v) is 1.15. The molecule has 1 heterocycles. The van der Waals surface area contributed by atoms with Crippen molar-refractivity contribution in [3.63, 3.8) is 0 Å². The lowest BCUT2D eigenvalue weighted by Crippen LogP contribution is -1.97. The molecule has 0 bridgehead atoms. The van der Waals surface area contributed by atoms with Crippen LogP contribution in [-0.4, -0.2) is 41.2 Å². The van der Waals surface area contributed by atoms with Crippen molar-refractivity contribution in [3.8, 4) is 0 Å². The molecule has 0 aliphatic carbocycles. The first-order valence-corrected chi connectivity index (χ1v) is 7.32. The van der Waals surface area contributed by atoms with Gasteiger partial charge in [0, 0.05) is 16.7 Å². The first-order chi connectivity index (χ1) is 10.7. The molecule has 0 unspecified atom stereocenters. The third kappa shape index (κ3) is 13.0. The molecule has 0 spiro atoms. The Balaban J connectivity index is 0. The SMILES string of the molecule is C=C(C)C1=NCCO1.C=C(CC)C(=O)O.C=C(CCC)C(=O)O. The van der Waals surface area contributed by atoms with E-state index in [0.29, 0.717) is 18.4 Å². The first kappa shape index (κ1) is 22.9. The lowest BCUT2D eigenvalue weighted by molar-refractivity contribution is -0.133. The quantitative estimate of drug-likeness (QED) is 0.729. The predicted octanol–water partition coefficient (Wildman–Crippen LogP) is 3.46. The Labute approximate surface area is 137 Å². The van der Waals surface area contributed by atoms with Crippen LogP contribution in [0.3, 0.4) is 0 Å². The maximum atomic E-state index is 9.99. The van der Waals surface area contributed by atoms with Gasteiger partial charge in [0.15, 0.2) is 0 Å². The van der Waals surface area contributed by atoms with Crippen molar-refractivity contribution in [2.45, 2.75) is 40.0 Å². The summed E-state index contributed by atoms with van der Waals surface area (Å²) in [5.74, 6) is -1.06. The van der Waals surface area contributed by atoms with E-state index in [1.54, 1.807) is 6.92 Å². The highest BCUT2D eigenvalue weighted by Crippen LogP contribution is 2.01. The predicted molar refractivity (Wildman–Crippen MR) is 91.8 cm³/mol. The molecule has 0 atom stereocenters. The monoisotopic (exact) mass is 325 g/mol. The molecule has 0 aromatic rings. The van der Waals surface area contributed by atoms with E-state index in [9.17, 15) is 9.59 Å². The molecule has 0 amide bonds. The highest BCUT2D eigenvalue weighted by molar-refractivity contribution is 5.93. The van der Waals surface area contributed by atoms with Gasteiger partial charge in [0.2, 0.25) is 5.90 Å².